The van der Waals surface area contributed by atoms with E-state index in [0.717, 1.165) is 25.3 Å². The number of hydrogen-bond donors (Lipinski definition) is 2. The lowest BCUT2D eigenvalue weighted by molar-refractivity contribution is 0.414. The van der Waals surface area contributed by atoms with Gasteiger partial charge in [0.25, 0.3) is 0 Å². The molecule has 3 heteroatoms. The Hall–Kier alpha value is -1.06. The van der Waals surface area contributed by atoms with Crippen LogP contribution in [0.25, 0.3) is 0 Å². The smallest absolute Gasteiger partial charge is 0.119 e. The van der Waals surface area contributed by atoms with Crippen LogP contribution in [0, 0.1) is 0 Å². The number of nitrogens with one attached hydrogen (secondary N) is 1. The second kappa shape index (κ2) is 5.87. The lowest BCUT2D eigenvalue weighted by Crippen LogP contribution is -2.43. The summed E-state index contributed by atoms with van der Waals surface area (Å²) in [5, 5.41) is 3.35. The van der Waals surface area contributed by atoms with Crippen LogP contribution >= 0.6 is 0 Å². The zero-order chi connectivity index (χ0) is 12.0. The summed E-state index contributed by atoms with van der Waals surface area (Å²) >= 11 is 0. The van der Waals surface area contributed by atoms with E-state index in [4.69, 9.17) is 10.5 Å². The van der Waals surface area contributed by atoms with Gasteiger partial charge in [-0.25, -0.2) is 0 Å². The van der Waals surface area contributed by atoms with E-state index in [-0.39, 0.29) is 5.54 Å². The Bertz CT molecular complexity index is 318. The molecule has 3 nitrogen and oxygen atoms in total. The predicted octanol–water partition coefficient (Wildman–Crippen LogP) is 1.56. The molecular formula is C13H22N2O. The molecule has 0 fully saturated rings. The third-order valence-electron chi connectivity index (χ3n) is 2.31. The molecule has 0 aliphatic heterocycles. The molecule has 0 heterocycles. The highest BCUT2D eigenvalue weighted by Gasteiger charge is 2.08. The van der Waals surface area contributed by atoms with Gasteiger partial charge in [-0.1, -0.05) is 12.1 Å². The van der Waals surface area contributed by atoms with Crippen molar-refractivity contribution >= 4 is 0 Å². The molecule has 0 amide bonds. The molecule has 1 aromatic rings. The van der Waals surface area contributed by atoms with Crippen LogP contribution in [0.15, 0.2) is 24.3 Å². The number of hydrogen-bond acceptors (Lipinski definition) is 3. The maximum absolute atomic E-state index is 5.88. The van der Waals surface area contributed by atoms with Gasteiger partial charge in [-0.3, -0.25) is 0 Å². The normalized spacial score (nSPS) is 11.5. The molecule has 0 radical (unpaired) electrons. The monoisotopic (exact) mass is 222 g/mol. The summed E-state index contributed by atoms with van der Waals surface area (Å²) < 4.78 is 5.17. The van der Waals surface area contributed by atoms with Crippen molar-refractivity contribution in [1.29, 1.82) is 0 Å². The second-order valence-electron chi connectivity index (χ2n) is 4.77. The average molecular weight is 222 g/mol. The maximum Gasteiger partial charge on any atom is 0.119 e. The van der Waals surface area contributed by atoms with E-state index in [1.54, 1.807) is 7.11 Å². The summed E-state index contributed by atoms with van der Waals surface area (Å²) in [5.41, 5.74) is 7.01. The minimum absolute atomic E-state index is 0.144. The van der Waals surface area contributed by atoms with Crippen LogP contribution in [-0.2, 0) is 6.42 Å². The Morgan fingerprint density at radius 2 is 2.12 bits per heavy atom. The standard InChI is InChI=1S/C13H22N2O/c1-13(2,14)10-15-8-7-11-5-4-6-12(9-11)16-3/h4-6,9,15H,7-8,10,14H2,1-3H3. The van der Waals surface area contributed by atoms with Gasteiger partial charge in [-0.15, -0.1) is 0 Å². The van der Waals surface area contributed by atoms with Gasteiger partial charge < -0.3 is 15.8 Å². The molecule has 90 valence electrons. The van der Waals surface area contributed by atoms with E-state index in [0.29, 0.717) is 0 Å². The van der Waals surface area contributed by atoms with Gasteiger partial charge in [-0.05, 0) is 44.5 Å². The van der Waals surface area contributed by atoms with E-state index in [2.05, 4.69) is 17.4 Å². The summed E-state index contributed by atoms with van der Waals surface area (Å²) in [6.45, 7) is 5.81. The van der Waals surface area contributed by atoms with Crippen molar-refractivity contribution in [3.8, 4) is 5.75 Å². The molecule has 0 aliphatic rings. The summed E-state index contributed by atoms with van der Waals surface area (Å²) in [6, 6.07) is 8.15. The highest BCUT2D eigenvalue weighted by Crippen LogP contribution is 2.12. The number of nitrogens with two attached hydrogens (primary N) is 1. The summed E-state index contributed by atoms with van der Waals surface area (Å²) in [5.74, 6) is 0.914. The largest absolute Gasteiger partial charge is 0.497 e. The molecular weight excluding hydrogens is 200 g/mol. The first kappa shape index (κ1) is 13.0. The van der Waals surface area contributed by atoms with Crippen LogP contribution in [0.5, 0.6) is 5.75 Å². The van der Waals surface area contributed by atoms with Crippen molar-refractivity contribution in [3.63, 3.8) is 0 Å². The topological polar surface area (TPSA) is 47.3 Å². The predicted molar refractivity (Wildman–Crippen MR) is 67.8 cm³/mol. The zero-order valence-electron chi connectivity index (χ0n) is 10.4. The maximum atomic E-state index is 5.88. The van der Waals surface area contributed by atoms with Gasteiger partial charge in [0.15, 0.2) is 0 Å². The molecule has 0 bridgehead atoms. The highest BCUT2D eigenvalue weighted by molar-refractivity contribution is 5.28. The van der Waals surface area contributed by atoms with Crippen LogP contribution < -0.4 is 15.8 Å². The van der Waals surface area contributed by atoms with Crippen LogP contribution in [-0.4, -0.2) is 25.7 Å². The summed E-state index contributed by atoms with van der Waals surface area (Å²) in [4.78, 5) is 0. The third kappa shape index (κ3) is 5.14. The van der Waals surface area contributed by atoms with E-state index < -0.39 is 0 Å². The minimum atomic E-state index is -0.144. The SMILES string of the molecule is COc1cccc(CCNCC(C)(C)N)c1. The van der Waals surface area contributed by atoms with Gasteiger partial charge in [-0.2, -0.15) is 0 Å². The molecule has 3 N–H and O–H groups in total. The first-order valence-corrected chi connectivity index (χ1v) is 5.64. The van der Waals surface area contributed by atoms with Crippen molar-refractivity contribution in [3.05, 3.63) is 29.8 Å². The van der Waals surface area contributed by atoms with E-state index in [9.17, 15) is 0 Å². The summed E-state index contributed by atoms with van der Waals surface area (Å²) in [6.07, 6.45) is 0.993. The molecule has 0 saturated carbocycles. The highest BCUT2D eigenvalue weighted by atomic mass is 16.5. The molecule has 0 spiro atoms. The molecule has 0 atom stereocenters. The fraction of sp³-hybridized carbons (Fsp3) is 0.538. The molecule has 0 saturated heterocycles. The van der Waals surface area contributed by atoms with Gasteiger partial charge in [0, 0.05) is 12.1 Å². The Morgan fingerprint density at radius 1 is 1.38 bits per heavy atom. The lowest BCUT2D eigenvalue weighted by atomic mass is 10.1. The van der Waals surface area contributed by atoms with Crippen molar-refractivity contribution in [2.75, 3.05) is 20.2 Å². The molecule has 16 heavy (non-hydrogen) atoms. The molecule has 0 unspecified atom stereocenters. The molecule has 0 aliphatic carbocycles. The Labute approximate surface area is 98.0 Å². The van der Waals surface area contributed by atoms with E-state index in [1.807, 2.05) is 26.0 Å². The van der Waals surface area contributed by atoms with Crippen molar-refractivity contribution < 1.29 is 4.74 Å². The fourth-order valence-corrected chi connectivity index (χ4v) is 1.47. The number of ether oxygens (including phenoxy) is 1. The molecule has 1 aromatic carbocycles. The number of methoxy groups -OCH3 is 1. The van der Waals surface area contributed by atoms with Crippen LogP contribution in [0.1, 0.15) is 19.4 Å². The van der Waals surface area contributed by atoms with E-state index >= 15 is 0 Å². The van der Waals surface area contributed by atoms with Crippen LogP contribution in [0.3, 0.4) is 0 Å². The first-order valence-electron chi connectivity index (χ1n) is 5.64. The van der Waals surface area contributed by atoms with Gasteiger partial charge in [0.1, 0.15) is 5.75 Å². The second-order valence-corrected chi connectivity index (χ2v) is 4.77. The van der Waals surface area contributed by atoms with Crippen molar-refractivity contribution in [2.24, 2.45) is 5.73 Å². The molecule has 0 aromatic heterocycles. The van der Waals surface area contributed by atoms with E-state index in [1.165, 1.54) is 5.56 Å². The van der Waals surface area contributed by atoms with Gasteiger partial charge in [0.2, 0.25) is 0 Å². The minimum Gasteiger partial charge on any atom is -0.497 e. The fourth-order valence-electron chi connectivity index (χ4n) is 1.47. The van der Waals surface area contributed by atoms with Gasteiger partial charge in [0.05, 0.1) is 7.11 Å². The quantitative estimate of drug-likeness (QED) is 0.718. The summed E-state index contributed by atoms with van der Waals surface area (Å²) in [7, 11) is 1.69. The van der Waals surface area contributed by atoms with Crippen molar-refractivity contribution in [2.45, 2.75) is 25.8 Å². The van der Waals surface area contributed by atoms with Crippen molar-refractivity contribution in [1.82, 2.24) is 5.32 Å². The first-order chi connectivity index (χ1) is 7.51. The van der Waals surface area contributed by atoms with Crippen LogP contribution in [0.2, 0.25) is 0 Å². The third-order valence-corrected chi connectivity index (χ3v) is 2.31. The van der Waals surface area contributed by atoms with Crippen LogP contribution in [0.4, 0.5) is 0 Å². The average Bonchev–Trinajstić information content (AvgIpc) is 2.23. The Kier molecular flexibility index (Phi) is 4.77. The number of benzene rings is 1. The zero-order valence-corrected chi connectivity index (χ0v) is 10.4. The Balaban J connectivity index is 2.32. The Morgan fingerprint density at radius 3 is 2.75 bits per heavy atom. The van der Waals surface area contributed by atoms with Gasteiger partial charge >= 0.3 is 0 Å². The number of rotatable bonds is 6. The lowest BCUT2D eigenvalue weighted by Gasteiger charge is -2.18. The molecule has 1 rings (SSSR count).